The molecule has 5 heteroatoms. The Labute approximate surface area is 191 Å². The molecule has 1 aromatic carbocycles. The number of carboxylic acid groups (broad SMARTS) is 1. The first-order valence-corrected chi connectivity index (χ1v) is 11.6. The van der Waals surface area contributed by atoms with Gasteiger partial charge in [-0.25, -0.2) is 4.79 Å². The molecule has 1 aromatic rings. The number of hydrogen-bond donors (Lipinski definition) is 2. The summed E-state index contributed by atoms with van der Waals surface area (Å²) in [5.74, 6) is -1.40. The molecule has 32 heavy (non-hydrogen) atoms. The van der Waals surface area contributed by atoms with Crippen LogP contribution in [-0.4, -0.2) is 34.9 Å². The van der Waals surface area contributed by atoms with Crippen molar-refractivity contribution in [2.45, 2.75) is 65.4 Å². The van der Waals surface area contributed by atoms with Crippen molar-refractivity contribution in [3.63, 3.8) is 0 Å². The molecule has 2 fully saturated rings. The van der Waals surface area contributed by atoms with Gasteiger partial charge in [0.25, 0.3) is 0 Å². The van der Waals surface area contributed by atoms with Crippen molar-refractivity contribution in [1.82, 2.24) is 0 Å². The summed E-state index contributed by atoms with van der Waals surface area (Å²) in [4.78, 5) is 25.4. The molecule has 2 aliphatic carbocycles. The van der Waals surface area contributed by atoms with Gasteiger partial charge < -0.3 is 14.9 Å². The molecule has 0 aromatic heterocycles. The summed E-state index contributed by atoms with van der Waals surface area (Å²) in [6.45, 7) is 10.4. The molecule has 2 N–H and O–H groups in total. The number of allylic oxidation sites excluding steroid dienone is 1. The van der Waals surface area contributed by atoms with Gasteiger partial charge >= 0.3 is 11.9 Å². The van der Waals surface area contributed by atoms with E-state index in [-0.39, 0.29) is 23.9 Å². The number of carboxylic acids is 1. The van der Waals surface area contributed by atoms with Gasteiger partial charge in [0.15, 0.2) is 0 Å². The lowest BCUT2D eigenvalue weighted by molar-refractivity contribution is -0.177. The third kappa shape index (κ3) is 4.54. The lowest BCUT2D eigenvalue weighted by Crippen LogP contribution is -2.59. The van der Waals surface area contributed by atoms with Crippen LogP contribution in [0.15, 0.2) is 54.1 Å². The Hall–Kier alpha value is -2.40. The van der Waals surface area contributed by atoms with E-state index in [1.165, 1.54) is 0 Å². The summed E-state index contributed by atoms with van der Waals surface area (Å²) in [6, 6.07) is 8.86. The van der Waals surface area contributed by atoms with Crippen LogP contribution in [-0.2, 0) is 9.53 Å². The molecule has 5 nitrogen and oxygen atoms in total. The molecule has 0 heterocycles. The summed E-state index contributed by atoms with van der Waals surface area (Å²) < 4.78 is 6.03. The van der Waals surface area contributed by atoms with E-state index in [1.807, 2.05) is 26.0 Å². The van der Waals surface area contributed by atoms with E-state index in [0.717, 1.165) is 36.8 Å². The summed E-state index contributed by atoms with van der Waals surface area (Å²) in [7, 11) is 0. The van der Waals surface area contributed by atoms with Crippen LogP contribution in [0.5, 0.6) is 0 Å². The van der Waals surface area contributed by atoms with Crippen molar-refractivity contribution in [3.8, 4) is 0 Å². The molecular weight excluding hydrogens is 404 g/mol. The molecule has 5 atom stereocenters. The highest BCUT2D eigenvalue weighted by Gasteiger charge is 2.61. The Bertz CT molecular complexity index is 889. The summed E-state index contributed by atoms with van der Waals surface area (Å²) >= 11 is 0. The first-order valence-electron chi connectivity index (χ1n) is 11.6. The van der Waals surface area contributed by atoms with E-state index < -0.39 is 23.5 Å². The number of aliphatic carboxylic acids is 1. The molecule has 2 aliphatic rings. The van der Waals surface area contributed by atoms with Crippen LogP contribution in [0, 0.1) is 22.7 Å². The topological polar surface area (TPSA) is 83.8 Å². The second kappa shape index (κ2) is 9.62. The number of esters is 1. The second-order valence-corrected chi connectivity index (χ2v) is 10.1. The van der Waals surface area contributed by atoms with Gasteiger partial charge in [-0.15, -0.1) is 0 Å². The highest BCUT2D eigenvalue weighted by Crippen LogP contribution is 2.62. The summed E-state index contributed by atoms with van der Waals surface area (Å²) in [5.41, 5.74) is 1.32. The maximum absolute atomic E-state index is 12.9. The normalized spacial score (nSPS) is 32.8. The molecule has 2 saturated carbocycles. The van der Waals surface area contributed by atoms with Crippen LogP contribution < -0.4 is 0 Å². The zero-order valence-corrected chi connectivity index (χ0v) is 19.5. The lowest BCUT2D eigenvalue weighted by atomic mass is 9.45. The van der Waals surface area contributed by atoms with Crippen molar-refractivity contribution < 1.29 is 24.5 Å². The predicted octanol–water partition coefficient (Wildman–Crippen LogP) is 5.40. The Morgan fingerprint density at radius 2 is 1.91 bits per heavy atom. The van der Waals surface area contributed by atoms with Crippen LogP contribution in [0.1, 0.15) is 69.7 Å². The number of carbonyl (C=O) groups is 2. The summed E-state index contributed by atoms with van der Waals surface area (Å²) in [6.07, 6.45) is 5.73. The van der Waals surface area contributed by atoms with E-state index in [1.54, 1.807) is 24.3 Å². The SMILES string of the molecule is C=C1C[C@H](OC(=O)c2ccccc2)[C@@H]2[C@](C)(CCC[C@@]2(C)C(=O)O)[C@H]1CC/C(C)=C/CO. The maximum atomic E-state index is 12.9. The van der Waals surface area contributed by atoms with Gasteiger partial charge in [-0.2, -0.15) is 0 Å². The molecule has 0 bridgehead atoms. The standard InChI is InChI=1S/C27H36O5/c1-18(13-16-28)11-12-21-19(2)17-22(32-24(29)20-9-6-5-7-10-20)23-26(21,3)14-8-15-27(23,4)25(30)31/h5-7,9-10,13,21-23,28H,2,8,11-12,14-17H2,1,3-4H3,(H,30,31)/b18-13+/t21-,22-,23+,26+,27+/m0/s1. The smallest absolute Gasteiger partial charge is 0.338 e. The van der Waals surface area contributed by atoms with Crippen LogP contribution in [0.2, 0.25) is 0 Å². The molecule has 174 valence electrons. The van der Waals surface area contributed by atoms with E-state index >= 15 is 0 Å². The van der Waals surface area contributed by atoms with Crippen molar-refractivity contribution in [3.05, 3.63) is 59.7 Å². The minimum absolute atomic E-state index is 0.0198. The minimum atomic E-state index is -0.969. The van der Waals surface area contributed by atoms with Gasteiger partial charge in [0, 0.05) is 12.3 Å². The van der Waals surface area contributed by atoms with Crippen LogP contribution in [0.4, 0.5) is 0 Å². The van der Waals surface area contributed by atoms with Crippen LogP contribution in [0.3, 0.4) is 0 Å². The molecule has 0 radical (unpaired) electrons. The third-order valence-corrected chi connectivity index (χ3v) is 7.96. The largest absolute Gasteiger partial charge is 0.481 e. The van der Waals surface area contributed by atoms with E-state index in [0.29, 0.717) is 18.4 Å². The Morgan fingerprint density at radius 1 is 1.22 bits per heavy atom. The lowest BCUT2D eigenvalue weighted by Gasteiger charge is -2.59. The molecule has 0 unspecified atom stereocenters. The minimum Gasteiger partial charge on any atom is -0.481 e. The monoisotopic (exact) mass is 440 g/mol. The zero-order valence-electron chi connectivity index (χ0n) is 19.5. The molecular formula is C27H36O5. The van der Waals surface area contributed by atoms with Crippen molar-refractivity contribution in [2.24, 2.45) is 22.7 Å². The number of carbonyl (C=O) groups excluding carboxylic acids is 1. The molecule has 0 spiro atoms. The zero-order chi connectivity index (χ0) is 23.5. The molecule has 0 aliphatic heterocycles. The van der Waals surface area contributed by atoms with E-state index in [9.17, 15) is 19.8 Å². The fourth-order valence-electron chi connectivity index (χ4n) is 6.38. The van der Waals surface area contributed by atoms with Gasteiger partial charge in [0.1, 0.15) is 6.10 Å². The van der Waals surface area contributed by atoms with E-state index in [4.69, 9.17) is 4.74 Å². The number of rotatable bonds is 7. The van der Waals surface area contributed by atoms with E-state index in [2.05, 4.69) is 13.5 Å². The first-order chi connectivity index (χ1) is 15.1. The molecule has 0 amide bonds. The quantitative estimate of drug-likeness (QED) is 0.438. The highest BCUT2D eigenvalue weighted by molar-refractivity contribution is 5.89. The summed E-state index contributed by atoms with van der Waals surface area (Å²) in [5, 5.41) is 19.5. The fraction of sp³-hybridized carbons (Fsp3) is 0.556. The van der Waals surface area contributed by atoms with Crippen molar-refractivity contribution in [2.75, 3.05) is 6.61 Å². The Kier molecular flexibility index (Phi) is 7.29. The number of hydrogen-bond acceptors (Lipinski definition) is 4. The van der Waals surface area contributed by atoms with Crippen molar-refractivity contribution >= 4 is 11.9 Å². The number of aliphatic hydroxyl groups is 1. The average molecular weight is 441 g/mol. The van der Waals surface area contributed by atoms with Gasteiger partial charge in [-0.05, 0) is 63.0 Å². The van der Waals surface area contributed by atoms with Crippen LogP contribution in [0.25, 0.3) is 0 Å². The maximum Gasteiger partial charge on any atom is 0.338 e. The molecule has 0 saturated heterocycles. The Morgan fingerprint density at radius 3 is 2.53 bits per heavy atom. The van der Waals surface area contributed by atoms with Gasteiger partial charge in [0.05, 0.1) is 17.6 Å². The second-order valence-electron chi connectivity index (χ2n) is 10.1. The van der Waals surface area contributed by atoms with Gasteiger partial charge in [-0.3, -0.25) is 4.79 Å². The van der Waals surface area contributed by atoms with Crippen LogP contribution >= 0.6 is 0 Å². The number of fused-ring (bicyclic) bond motifs is 1. The Balaban J connectivity index is 1.96. The van der Waals surface area contributed by atoms with Gasteiger partial charge in [-0.1, -0.05) is 55.3 Å². The average Bonchev–Trinajstić information content (AvgIpc) is 2.73. The number of benzene rings is 1. The fourth-order valence-corrected chi connectivity index (χ4v) is 6.38. The highest BCUT2D eigenvalue weighted by atomic mass is 16.5. The van der Waals surface area contributed by atoms with Crippen molar-refractivity contribution in [1.29, 1.82) is 0 Å². The number of ether oxygens (including phenoxy) is 1. The first kappa shape index (κ1) is 24.2. The predicted molar refractivity (Wildman–Crippen MR) is 124 cm³/mol. The number of aliphatic hydroxyl groups excluding tert-OH is 1. The van der Waals surface area contributed by atoms with Gasteiger partial charge in [0.2, 0.25) is 0 Å². The molecule has 3 rings (SSSR count). The third-order valence-electron chi connectivity index (χ3n) is 7.96.